The van der Waals surface area contributed by atoms with Crippen molar-refractivity contribution in [1.82, 2.24) is 0 Å². The van der Waals surface area contributed by atoms with Crippen molar-refractivity contribution in [3.63, 3.8) is 0 Å². The van der Waals surface area contributed by atoms with Crippen LogP contribution in [0, 0.1) is 34.5 Å². The highest BCUT2D eigenvalue weighted by Gasteiger charge is 2.63. The predicted molar refractivity (Wildman–Crippen MR) is 74.2 cm³/mol. The number of carbonyl (C=O) groups is 1. The molecule has 2 bridgehead atoms. The largest absolute Gasteiger partial charge is 0.299 e. The second-order valence-corrected chi connectivity index (χ2v) is 8.18. The molecule has 3 fully saturated rings. The van der Waals surface area contributed by atoms with Crippen molar-refractivity contribution in [3.8, 4) is 0 Å². The van der Waals surface area contributed by atoms with E-state index in [9.17, 15) is 4.79 Å². The molecule has 0 N–H and O–H groups in total. The molecular weight excluding hydrogens is 220 g/mol. The van der Waals surface area contributed by atoms with E-state index >= 15 is 0 Å². The lowest BCUT2D eigenvalue weighted by atomic mass is 9.60. The molecule has 3 rings (SSSR count). The second kappa shape index (κ2) is 3.84. The first-order chi connectivity index (χ1) is 8.36. The summed E-state index contributed by atoms with van der Waals surface area (Å²) in [5.41, 5.74) is 0.888. The smallest absolute Gasteiger partial charge is 0.136 e. The van der Waals surface area contributed by atoms with E-state index in [2.05, 4.69) is 27.7 Å². The molecule has 0 aromatic heterocycles. The standard InChI is InChI=1S/C17H28O/c1-11-5-6-13(15(18)9-11)14-10-12-7-8-17(14,4)16(12,2)3/h11-14H,5-10H2,1-4H3/t11?,12-,13?,14+,17+/m0/s1. The Hall–Kier alpha value is -0.330. The molecule has 0 radical (unpaired) electrons. The predicted octanol–water partition coefficient (Wildman–Crippen LogP) is 4.45. The second-order valence-electron chi connectivity index (χ2n) is 8.18. The Balaban J connectivity index is 1.85. The van der Waals surface area contributed by atoms with Crippen molar-refractivity contribution in [2.75, 3.05) is 0 Å². The fraction of sp³-hybridized carbons (Fsp3) is 0.941. The molecule has 1 heteroatoms. The maximum absolute atomic E-state index is 12.4. The van der Waals surface area contributed by atoms with Crippen molar-refractivity contribution in [2.45, 2.75) is 66.2 Å². The van der Waals surface area contributed by atoms with E-state index in [1.807, 2.05) is 0 Å². The van der Waals surface area contributed by atoms with E-state index < -0.39 is 0 Å². The Bertz CT molecular complexity index is 370. The van der Waals surface area contributed by atoms with Gasteiger partial charge >= 0.3 is 0 Å². The molecule has 0 amide bonds. The minimum absolute atomic E-state index is 0.399. The van der Waals surface area contributed by atoms with E-state index in [1.165, 1.54) is 32.1 Å². The number of carbonyl (C=O) groups excluding carboxylic acids is 1. The van der Waals surface area contributed by atoms with Crippen LogP contribution in [0.4, 0.5) is 0 Å². The van der Waals surface area contributed by atoms with Gasteiger partial charge in [0, 0.05) is 12.3 Å². The van der Waals surface area contributed by atoms with E-state index in [1.54, 1.807) is 0 Å². The lowest BCUT2D eigenvalue weighted by Crippen LogP contribution is -2.40. The maximum atomic E-state index is 12.4. The van der Waals surface area contributed by atoms with E-state index in [0.29, 0.717) is 34.4 Å². The summed E-state index contributed by atoms with van der Waals surface area (Å²) in [7, 11) is 0. The SMILES string of the molecule is CC1CCC([C@H]2C[C@@H]3CC[C@@]2(C)C3(C)C)C(=O)C1. The Labute approximate surface area is 112 Å². The zero-order valence-electron chi connectivity index (χ0n) is 12.5. The summed E-state index contributed by atoms with van der Waals surface area (Å²) in [4.78, 5) is 12.4. The fourth-order valence-electron chi connectivity index (χ4n) is 5.52. The van der Waals surface area contributed by atoms with Gasteiger partial charge < -0.3 is 0 Å². The molecule has 1 nitrogen and oxygen atoms in total. The van der Waals surface area contributed by atoms with Crippen LogP contribution in [-0.4, -0.2) is 5.78 Å². The van der Waals surface area contributed by atoms with Crippen LogP contribution in [0.25, 0.3) is 0 Å². The van der Waals surface area contributed by atoms with Gasteiger partial charge in [-0.25, -0.2) is 0 Å². The van der Waals surface area contributed by atoms with Gasteiger partial charge in [-0.15, -0.1) is 0 Å². The molecule has 0 aromatic rings. The average molecular weight is 248 g/mol. The molecule has 0 saturated heterocycles. The zero-order valence-corrected chi connectivity index (χ0v) is 12.5. The van der Waals surface area contributed by atoms with Crippen molar-refractivity contribution < 1.29 is 4.79 Å². The molecule has 3 saturated carbocycles. The quantitative estimate of drug-likeness (QED) is 0.670. The van der Waals surface area contributed by atoms with Crippen LogP contribution in [-0.2, 0) is 4.79 Å². The van der Waals surface area contributed by atoms with Crippen LogP contribution in [0.15, 0.2) is 0 Å². The van der Waals surface area contributed by atoms with Gasteiger partial charge in [0.05, 0.1) is 0 Å². The molecule has 5 atom stereocenters. The zero-order chi connectivity index (χ0) is 13.1. The summed E-state index contributed by atoms with van der Waals surface area (Å²) in [6.45, 7) is 9.64. The summed E-state index contributed by atoms with van der Waals surface area (Å²) in [5, 5.41) is 0. The van der Waals surface area contributed by atoms with Crippen LogP contribution in [0.5, 0.6) is 0 Å². The van der Waals surface area contributed by atoms with E-state index in [4.69, 9.17) is 0 Å². The van der Waals surface area contributed by atoms with Gasteiger partial charge in [0.15, 0.2) is 0 Å². The molecule has 0 aliphatic heterocycles. The summed E-state index contributed by atoms with van der Waals surface area (Å²) >= 11 is 0. The Morgan fingerprint density at radius 3 is 2.33 bits per heavy atom. The fourth-order valence-corrected chi connectivity index (χ4v) is 5.52. The van der Waals surface area contributed by atoms with Gasteiger partial charge in [-0.05, 0) is 60.7 Å². The number of hydrogen-bond acceptors (Lipinski definition) is 1. The first kappa shape index (κ1) is 12.7. The molecule has 2 unspecified atom stereocenters. The lowest BCUT2D eigenvalue weighted by molar-refractivity contribution is -0.130. The molecular formula is C17H28O. The summed E-state index contributed by atoms with van der Waals surface area (Å²) in [5.74, 6) is 3.18. The molecule has 0 aromatic carbocycles. The van der Waals surface area contributed by atoms with Crippen molar-refractivity contribution in [2.24, 2.45) is 34.5 Å². The molecule has 3 aliphatic carbocycles. The highest BCUT2D eigenvalue weighted by molar-refractivity contribution is 5.82. The lowest BCUT2D eigenvalue weighted by Gasteiger charge is -2.44. The van der Waals surface area contributed by atoms with Crippen LogP contribution < -0.4 is 0 Å². The topological polar surface area (TPSA) is 17.1 Å². The van der Waals surface area contributed by atoms with Crippen LogP contribution in [0.3, 0.4) is 0 Å². The van der Waals surface area contributed by atoms with Crippen LogP contribution >= 0.6 is 0 Å². The third kappa shape index (κ3) is 1.48. The number of Topliss-reactive ketones (excluding diaryl/α,β-unsaturated/α-hetero) is 1. The molecule has 0 heterocycles. The van der Waals surface area contributed by atoms with Gasteiger partial charge in [-0.2, -0.15) is 0 Å². The third-order valence-electron chi connectivity index (χ3n) is 7.28. The molecule has 102 valence electrons. The first-order valence-corrected chi connectivity index (χ1v) is 7.89. The number of ketones is 1. The minimum Gasteiger partial charge on any atom is -0.299 e. The van der Waals surface area contributed by atoms with Crippen molar-refractivity contribution in [3.05, 3.63) is 0 Å². The van der Waals surface area contributed by atoms with Gasteiger partial charge in [-0.3, -0.25) is 4.79 Å². The van der Waals surface area contributed by atoms with Gasteiger partial charge in [0.2, 0.25) is 0 Å². The Morgan fingerprint density at radius 1 is 1.11 bits per heavy atom. The minimum atomic E-state index is 0.399. The average Bonchev–Trinajstić information content (AvgIpc) is 2.61. The van der Waals surface area contributed by atoms with Crippen molar-refractivity contribution >= 4 is 5.78 Å². The van der Waals surface area contributed by atoms with Crippen LogP contribution in [0.2, 0.25) is 0 Å². The van der Waals surface area contributed by atoms with Gasteiger partial charge in [0.1, 0.15) is 5.78 Å². The molecule has 18 heavy (non-hydrogen) atoms. The highest BCUT2D eigenvalue weighted by atomic mass is 16.1. The first-order valence-electron chi connectivity index (χ1n) is 7.89. The van der Waals surface area contributed by atoms with Gasteiger partial charge in [-0.1, -0.05) is 27.7 Å². The normalized spacial score (nSPS) is 50.8. The van der Waals surface area contributed by atoms with Crippen LogP contribution in [0.1, 0.15) is 66.2 Å². The number of rotatable bonds is 1. The summed E-state index contributed by atoms with van der Waals surface area (Å²) in [6, 6.07) is 0. The number of fused-ring (bicyclic) bond motifs is 2. The number of hydrogen-bond donors (Lipinski definition) is 0. The monoisotopic (exact) mass is 248 g/mol. The van der Waals surface area contributed by atoms with Crippen molar-refractivity contribution in [1.29, 1.82) is 0 Å². The van der Waals surface area contributed by atoms with Gasteiger partial charge in [0.25, 0.3) is 0 Å². The van der Waals surface area contributed by atoms with E-state index in [0.717, 1.165) is 12.3 Å². The Kier molecular flexibility index (Phi) is 2.70. The molecule has 3 aliphatic rings. The summed E-state index contributed by atoms with van der Waals surface area (Å²) in [6.07, 6.45) is 7.37. The maximum Gasteiger partial charge on any atom is 0.136 e. The summed E-state index contributed by atoms with van der Waals surface area (Å²) < 4.78 is 0. The molecule has 0 spiro atoms. The third-order valence-corrected chi connectivity index (χ3v) is 7.28. The highest BCUT2D eigenvalue weighted by Crippen LogP contribution is 2.70. The van der Waals surface area contributed by atoms with E-state index in [-0.39, 0.29) is 0 Å². The Morgan fingerprint density at radius 2 is 1.83 bits per heavy atom.